The Morgan fingerprint density at radius 1 is 1.50 bits per heavy atom. The highest BCUT2D eigenvalue weighted by Crippen LogP contribution is 2.19. The first-order chi connectivity index (χ1) is 4.68. The summed E-state index contributed by atoms with van der Waals surface area (Å²) in [6.45, 7) is 1.90. The fourth-order valence-electron chi connectivity index (χ4n) is 0.667. The summed E-state index contributed by atoms with van der Waals surface area (Å²) in [7, 11) is 0. The van der Waals surface area contributed by atoms with Crippen LogP contribution in [0.3, 0.4) is 0 Å². The molecule has 0 bridgehead atoms. The zero-order chi connectivity index (χ0) is 7.56. The SMILES string of the molecule is Cc1ccc([CH]C(F)F)s1. The Balaban J connectivity index is 2.58. The van der Waals surface area contributed by atoms with Gasteiger partial charge in [-0.3, -0.25) is 0 Å². The van der Waals surface area contributed by atoms with Crippen LogP contribution in [0.5, 0.6) is 0 Å². The topological polar surface area (TPSA) is 0 Å². The lowest BCUT2D eigenvalue weighted by molar-refractivity contribution is 0.190. The lowest BCUT2D eigenvalue weighted by atomic mass is 10.3. The molecule has 0 aliphatic carbocycles. The summed E-state index contributed by atoms with van der Waals surface area (Å²) in [6, 6.07) is 3.53. The standard InChI is InChI=1S/C7H7F2S/c1-5-2-3-6(10-5)4-7(8)9/h2-4,7H,1H3. The second-order valence-corrected chi connectivity index (χ2v) is 3.27. The number of alkyl halides is 2. The monoisotopic (exact) mass is 161 g/mol. The van der Waals surface area contributed by atoms with E-state index >= 15 is 0 Å². The predicted molar refractivity (Wildman–Crippen MR) is 38.5 cm³/mol. The molecule has 3 heteroatoms. The number of aryl methyl sites for hydroxylation is 1. The van der Waals surface area contributed by atoms with Crippen molar-refractivity contribution in [2.45, 2.75) is 13.3 Å². The highest BCUT2D eigenvalue weighted by atomic mass is 32.1. The smallest absolute Gasteiger partial charge is 0.210 e. The average Bonchev–Trinajstić information content (AvgIpc) is 2.13. The summed E-state index contributed by atoms with van der Waals surface area (Å²) < 4.78 is 23.4. The van der Waals surface area contributed by atoms with Crippen molar-refractivity contribution in [2.24, 2.45) is 0 Å². The second-order valence-electron chi connectivity index (χ2n) is 1.95. The van der Waals surface area contributed by atoms with Gasteiger partial charge in [0.2, 0.25) is 6.43 Å². The van der Waals surface area contributed by atoms with E-state index in [0.717, 1.165) is 11.3 Å². The maximum atomic E-state index is 11.7. The van der Waals surface area contributed by atoms with Gasteiger partial charge in [0.15, 0.2) is 0 Å². The molecule has 0 aromatic carbocycles. The molecule has 0 unspecified atom stereocenters. The average molecular weight is 161 g/mol. The van der Waals surface area contributed by atoms with Crippen LogP contribution in [-0.2, 0) is 0 Å². The third-order valence-electron chi connectivity index (χ3n) is 1.05. The highest BCUT2D eigenvalue weighted by molar-refractivity contribution is 7.12. The molecule has 0 aliphatic heterocycles. The van der Waals surface area contributed by atoms with E-state index in [1.54, 1.807) is 6.07 Å². The van der Waals surface area contributed by atoms with Gasteiger partial charge in [0.05, 0.1) is 6.42 Å². The Bertz CT molecular complexity index is 205. The summed E-state index contributed by atoms with van der Waals surface area (Å²) in [5, 5.41) is 0. The summed E-state index contributed by atoms with van der Waals surface area (Å²) in [6.07, 6.45) is -1.38. The van der Waals surface area contributed by atoms with E-state index in [2.05, 4.69) is 0 Å². The van der Waals surface area contributed by atoms with E-state index in [0.29, 0.717) is 4.88 Å². The van der Waals surface area contributed by atoms with Gasteiger partial charge in [0.25, 0.3) is 0 Å². The Morgan fingerprint density at radius 3 is 2.60 bits per heavy atom. The van der Waals surface area contributed by atoms with Crippen molar-refractivity contribution >= 4 is 11.3 Å². The minimum Gasteiger partial charge on any atom is -0.210 e. The van der Waals surface area contributed by atoms with Crippen LogP contribution >= 0.6 is 11.3 Å². The normalized spacial score (nSPS) is 10.8. The number of thiophene rings is 1. The van der Waals surface area contributed by atoms with E-state index in [1.165, 1.54) is 11.3 Å². The molecule has 10 heavy (non-hydrogen) atoms. The Hall–Kier alpha value is -0.440. The fraction of sp³-hybridized carbons (Fsp3) is 0.286. The molecule has 0 saturated heterocycles. The fourth-order valence-corrected chi connectivity index (χ4v) is 1.48. The van der Waals surface area contributed by atoms with Crippen LogP contribution in [0.4, 0.5) is 8.78 Å². The van der Waals surface area contributed by atoms with E-state index in [1.807, 2.05) is 13.0 Å². The first kappa shape index (κ1) is 7.66. The number of hydrogen-bond acceptors (Lipinski definition) is 1. The van der Waals surface area contributed by atoms with E-state index < -0.39 is 6.43 Å². The lowest BCUT2D eigenvalue weighted by Gasteiger charge is -1.91. The summed E-state index contributed by atoms with van der Waals surface area (Å²) in [4.78, 5) is 1.71. The van der Waals surface area contributed by atoms with Crippen LogP contribution in [-0.4, -0.2) is 6.43 Å². The quantitative estimate of drug-likeness (QED) is 0.625. The number of halogens is 2. The molecule has 0 spiro atoms. The highest BCUT2D eigenvalue weighted by Gasteiger charge is 2.05. The van der Waals surface area contributed by atoms with Crippen molar-refractivity contribution in [3.8, 4) is 0 Å². The van der Waals surface area contributed by atoms with Crippen molar-refractivity contribution < 1.29 is 8.78 Å². The van der Waals surface area contributed by atoms with Gasteiger partial charge in [0, 0.05) is 9.75 Å². The Labute approximate surface area is 62.5 Å². The van der Waals surface area contributed by atoms with E-state index in [4.69, 9.17) is 0 Å². The molecular formula is C7H7F2S. The lowest BCUT2D eigenvalue weighted by Crippen LogP contribution is -1.89. The maximum Gasteiger partial charge on any atom is 0.247 e. The molecule has 1 aromatic rings. The van der Waals surface area contributed by atoms with Crippen molar-refractivity contribution in [2.75, 3.05) is 0 Å². The van der Waals surface area contributed by atoms with Crippen molar-refractivity contribution in [1.29, 1.82) is 0 Å². The first-order valence-corrected chi connectivity index (χ1v) is 3.69. The molecule has 0 saturated carbocycles. The number of rotatable bonds is 2. The summed E-state index contributed by atoms with van der Waals surface area (Å²) in [5.41, 5.74) is 0. The zero-order valence-electron chi connectivity index (χ0n) is 5.47. The Morgan fingerprint density at radius 2 is 2.20 bits per heavy atom. The third-order valence-corrected chi connectivity index (χ3v) is 2.02. The van der Waals surface area contributed by atoms with Gasteiger partial charge in [-0.2, -0.15) is 0 Å². The van der Waals surface area contributed by atoms with Gasteiger partial charge in [-0.15, -0.1) is 11.3 Å². The largest absolute Gasteiger partial charge is 0.247 e. The molecule has 0 amide bonds. The van der Waals surface area contributed by atoms with Gasteiger partial charge in [0.1, 0.15) is 0 Å². The van der Waals surface area contributed by atoms with Gasteiger partial charge in [-0.1, -0.05) is 0 Å². The van der Waals surface area contributed by atoms with Crippen LogP contribution in [0.2, 0.25) is 0 Å². The molecule has 0 aliphatic rings. The molecule has 1 aromatic heterocycles. The van der Waals surface area contributed by atoms with Crippen molar-refractivity contribution in [1.82, 2.24) is 0 Å². The molecule has 0 nitrogen and oxygen atoms in total. The predicted octanol–water partition coefficient (Wildman–Crippen LogP) is 2.87. The van der Waals surface area contributed by atoms with Crippen molar-refractivity contribution in [3.63, 3.8) is 0 Å². The molecule has 0 fully saturated rings. The van der Waals surface area contributed by atoms with Gasteiger partial charge >= 0.3 is 0 Å². The third kappa shape index (κ3) is 2.06. The molecule has 1 rings (SSSR count). The number of hydrogen-bond donors (Lipinski definition) is 0. The Kier molecular flexibility index (Phi) is 2.38. The van der Waals surface area contributed by atoms with Gasteiger partial charge in [-0.05, 0) is 19.1 Å². The molecule has 1 radical (unpaired) electrons. The summed E-state index contributed by atoms with van der Waals surface area (Å²) in [5.74, 6) is 0. The molecule has 0 atom stereocenters. The minimum atomic E-state index is -2.34. The summed E-state index contributed by atoms with van der Waals surface area (Å²) >= 11 is 1.38. The minimum absolute atomic E-state index is 0.646. The van der Waals surface area contributed by atoms with Gasteiger partial charge < -0.3 is 0 Å². The second kappa shape index (κ2) is 3.10. The van der Waals surface area contributed by atoms with Gasteiger partial charge in [-0.25, -0.2) is 8.78 Å². The van der Waals surface area contributed by atoms with Crippen molar-refractivity contribution in [3.05, 3.63) is 28.3 Å². The maximum absolute atomic E-state index is 11.7. The zero-order valence-corrected chi connectivity index (χ0v) is 6.29. The molecular weight excluding hydrogens is 154 g/mol. The van der Waals surface area contributed by atoms with Crippen LogP contribution < -0.4 is 0 Å². The molecule has 0 N–H and O–H groups in total. The van der Waals surface area contributed by atoms with Crippen LogP contribution in [0.25, 0.3) is 0 Å². The van der Waals surface area contributed by atoms with E-state index in [9.17, 15) is 8.78 Å². The molecule has 55 valence electrons. The first-order valence-electron chi connectivity index (χ1n) is 2.88. The van der Waals surface area contributed by atoms with Crippen LogP contribution in [0.1, 0.15) is 9.75 Å². The van der Waals surface area contributed by atoms with Crippen LogP contribution in [0.15, 0.2) is 12.1 Å². The molecule has 1 heterocycles. The van der Waals surface area contributed by atoms with E-state index in [-0.39, 0.29) is 0 Å². The van der Waals surface area contributed by atoms with Crippen LogP contribution in [0, 0.1) is 13.3 Å².